The van der Waals surface area contributed by atoms with Gasteiger partial charge in [0.25, 0.3) is 15.9 Å². The monoisotopic (exact) mass is 881 g/mol. The molecule has 5 amide bonds. The SMILES string of the molecule is C=C[C@@H]1C[C@@]12NC(=O)[C@@H]1C[C@@H](OC(=O)N3CCc4nc(N(C)C)ncc4C3)CN1C(=O)[C@@H](NC(=O)OC1CCCC1)CCCCCCCNc1ccc(F)cc1S(=O)(=O)NC2=O. The van der Waals surface area contributed by atoms with E-state index in [0.29, 0.717) is 44.7 Å². The van der Waals surface area contributed by atoms with Crippen LogP contribution in [0.15, 0.2) is 41.9 Å². The molecule has 7 rings (SSSR count). The highest BCUT2D eigenvalue weighted by Crippen LogP contribution is 2.45. The molecule has 5 aliphatic rings. The average Bonchev–Trinajstić information content (AvgIpc) is 3.49. The van der Waals surface area contributed by atoms with Gasteiger partial charge in [-0.2, -0.15) is 0 Å². The number of nitrogens with zero attached hydrogens (tertiary/aromatic N) is 5. The third kappa shape index (κ3) is 10.1. The summed E-state index contributed by atoms with van der Waals surface area (Å²) in [4.78, 5) is 83.1. The van der Waals surface area contributed by atoms with Crippen molar-refractivity contribution in [1.82, 2.24) is 35.1 Å². The van der Waals surface area contributed by atoms with E-state index >= 15 is 0 Å². The normalized spacial score (nSPS) is 27.0. The molecule has 5 atom stereocenters. The van der Waals surface area contributed by atoms with Gasteiger partial charge in [0, 0.05) is 57.7 Å². The molecule has 0 radical (unpaired) electrons. The number of sulfonamides is 1. The highest BCUT2D eigenvalue weighted by molar-refractivity contribution is 7.90. The maximum absolute atomic E-state index is 14.7. The van der Waals surface area contributed by atoms with Crippen LogP contribution in [0.25, 0.3) is 0 Å². The molecule has 0 unspecified atom stereocenters. The number of carbonyl (C=O) groups excluding carboxylic acids is 5. The average molecular weight is 882 g/mol. The van der Waals surface area contributed by atoms with Gasteiger partial charge < -0.3 is 40.1 Å². The number of halogens is 1. The molecule has 1 aromatic carbocycles. The second-order valence-corrected chi connectivity index (χ2v) is 18.7. The van der Waals surface area contributed by atoms with Crippen molar-refractivity contribution in [3.63, 3.8) is 0 Å². The number of nitrogens with one attached hydrogen (secondary N) is 4. The third-order valence-corrected chi connectivity index (χ3v) is 13.7. The van der Waals surface area contributed by atoms with E-state index in [1.54, 1.807) is 11.1 Å². The third-order valence-electron chi connectivity index (χ3n) is 12.4. The molecule has 2 saturated carbocycles. The first-order valence-electron chi connectivity index (χ1n) is 21.5. The minimum atomic E-state index is -4.67. The second-order valence-electron chi connectivity index (χ2n) is 17.0. The van der Waals surface area contributed by atoms with Gasteiger partial charge in [0.2, 0.25) is 17.8 Å². The lowest BCUT2D eigenvalue weighted by atomic mass is 10.0. The Morgan fingerprint density at radius 1 is 1.03 bits per heavy atom. The van der Waals surface area contributed by atoms with Crippen LogP contribution in [0.2, 0.25) is 0 Å². The van der Waals surface area contributed by atoms with Crippen molar-refractivity contribution in [3.8, 4) is 0 Å². The molecular weight excluding hydrogens is 826 g/mol. The second kappa shape index (κ2) is 18.8. The number of alkyl carbamates (subject to hydrolysis) is 1. The fraction of sp³-hybridized carbons (Fsp3) is 0.595. The number of aromatic nitrogens is 2. The molecule has 1 spiro atoms. The number of ether oxygens (including phenoxy) is 2. The zero-order valence-electron chi connectivity index (χ0n) is 35.2. The number of fused-ring (bicyclic) bond motifs is 3. The quantitative estimate of drug-likeness (QED) is 0.316. The maximum atomic E-state index is 14.7. The first kappa shape index (κ1) is 44.5. The van der Waals surface area contributed by atoms with Gasteiger partial charge in [0.15, 0.2) is 0 Å². The van der Waals surface area contributed by atoms with E-state index in [2.05, 4.69) is 32.5 Å². The topological polar surface area (TPSA) is 222 Å². The van der Waals surface area contributed by atoms with Gasteiger partial charge in [-0.25, -0.2) is 37.1 Å². The molecule has 1 aromatic heterocycles. The molecule has 4 heterocycles. The number of amides is 5. The van der Waals surface area contributed by atoms with Crippen LogP contribution in [0.1, 0.15) is 88.3 Å². The minimum Gasteiger partial charge on any atom is -0.446 e. The molecule has 18 nitrogen and oxygen atoms in total. The molecule has 3 fully saturated rings. The highest BCUT2D eigenvalue weighted by Gasteiger charge is 2.61. The van der Waals surface area contributed by atoms with Crippen LogP contribution < -0.4 is 25.6 Å². The predicted molar refractivity (Wildman–Crippen MR) is 224 cm³/mol. The lowest BCUT2D eigenvalue weighted by Gasteiger charge is -2.30. The molecule has 62 heavy (non-hydrogen) atoms. The number of hydrogen-bond acceptors (Lipinski definition) is 13. The van der Waals surface area contributed by atoms with Gasteiger partial charge in [-0.15, -0.1) is 6.58 Å². The van der Waals surface area contributed by atoms with Crippen LogP contribution in [0.4, 0.5) is 25.6 Å². The van der Waals surface area contributed by atoms with E-state index in [-0.39, 0.29) is 44.1 Å². The molecule has 0 bridgehead atoms. The van der Waals surface area contributed by atoms with Crippen LogP contribution in [0, 0.1) is 11.7 Å². The van der Waals surface area contributed by atoms with Crippen molar-refractivity contribution in [2.75, 3.05) is 43.9 Å². The van der Waals surface area contributed by atoms with Gasteiger partial charge in [0.1, 0.15) is 40.5 Å². The standard InChI is InChI=1S/C42H56FN9O9S/c1-4-27-22-42(27)38(55)49-62(58,59)35-20-28(43)15-16-32(35)44-18-11-7-5-6-8-14-33(47-40(56)60-29-12-9-10-13-29)37(54)52-25-30(21-34(52)36(53)48-42)61-41(57)51-19-17-31-26(24-51)23-45-39(46-31)50(2)3/h4,15-16,20,23,27,29-30,33-34,44H,1,5-14,17-19,21-22,24-25H2,2-3H3,(H,47,56)(H,48,53)(H,49,55)/t27-,30-,33+,34+,42-/m1/s1. The van der Waals surface area contributed by atoms with Crippen LogP contribution in [-0.4, -0.2) is 122 Å². The summed E-state index contributed by atoms with van der Waals surface area (Å²) in [6, 6.07) is 0.842. The summed E-state index contributed by atoms with van der Waals surface area (Å²) >= 11 is 0. The fourth-order valence-corrected chi connectivity index (χ4v) is 9.99. The largest absolute Gasteiger partial charge is 0.446 e. The molecule has 1 saturated heterocycles. The zero-order chi connectivity index (χ0) is 44.2. The smallest absolute Gasteiger partial charge is 0.410 e. The Labute approximate surface area is 360 Å². The first-order chi connectivity index (χ1) is 29.7. The van der Waals surface area contributed by atoms with Crippen LogP contribution in [0.3, 0.4) is 0 Å². The number of anilines is 2. The molecule has 2 aliphatic carbocycles. The van der Waals surface area contributed by atoms with Gasteiger partial charge in [0.05, 0.1) is 24.5 Å². The summed E-state index contributed by atoms with van der Waals surface area (Å²) in [6.45, 7) is 4.42. The summed E-state index contributed by atoms with van der Waals surface area (Å²) in [5, 5.41) is 8.53. The van der Waals surface area contributed by atoms with Gasteiger partial charge in [-0.3, -0.25) is 14.4 Å². The fourth-order valence-electron chi connectivity index (χ4n) is 8.76. The van der Waals surface area contributed by atoms with E-state index in [1.165, 1.54) is 21.9 Å². The van der Waals surface area contributed by atoms with Crippen LogP contribution in [0.5, 0.6) is 0 Å². The predicted octanol–water partition coefficient (Wildman–Crippen LogP) is 3.52. The highest BCUT2D eigenvalue weighted by atomic mass is 32.2. The van der Waals surface area contributed by atoms with E-state index in [0.717, 1.165) is 61.9 Å². The van der Waals surface area contributed by atoms with Gasteiger partial charge >= 0.3 is 12.2 Å². The van der Waals surface area contributed by atoms with Crippen molar-refractivity contribution < 1.29 is 46.3 Å². The van der Waals surface area contributed by atoms with Gasteiger partial charge in [-0.1, -0.05) is 31.8 Å². The van der Waals surface area contributed by atoms with E-state index in [4.69, 9.17) is 9.47 Å². The summed E-state index contributed by atoms with van der Waals surface area (Å²) in [7, 11) is -0.998. The van der Waals surface area contributed by atoms with E-state index in [9.17, 15) is 36.8 Å². The molecule has 4 N–H and O–H groups in total. The van der Waals surface area contributed by atoms with Gasteiger partial charge in [-0.05, 0) is 63.1 Å². The molecule has 336 valence electrons. The van der Waals surface area contributed by atoms with Crippen LogP contribution >= 0.6 is 0 Å². The Morgan fingerprint density at radius 2 is 1.77 bits per heavy atom. The van der Waals surface area contributed by atoms with Crippen molar-refractivity contribution in [1.29, 1.82) is 0 Å². The number of rotatable bonds is 5. The zero-order valence-corrected chi connectivity index (χ0v) is 36.0. The van der Waals surface area contributed by atoms with E-state index < -0.39 is 80.3 Å². The number of benzene rings is 1. The Bertz CT molecular complexity index is 2170. The number of hydrogen-bond donors (Lipinski definition) is 4. The summed E-state index contributed by atoms with van der Waals surface area (Å²) in [5.74, 6) is -3.43. The lowest BCUT2D eigenvalue weighted by Crippen LogP contribution is -2.58. The summed E-state index contributed by atoms with van der Waals surface area (Å²) in [5.41, 5.74) is -0.0993. The van der Waals surface area contributed by atoms with Crippen molar-refractivity contribution in [2.45, 2.75) is 125 Å². The molecule has 20 heteroatoms. The Hall–Kier alpha value is -5.53. The molecular formula is C42H56FN9O9S. The Morgan fingerprint density at radius 3 is 2.52 bits per heavy atom. The maximum Gasteiger partial charge on any atom is 0.410 e. The Balaban J connectivity index is 1.15. The first-order valence-corrected chi connectivity index (χ1v) is 23.0. The van der Waals surface area contributed by atoms with E-state index in [1.807, 2.05) is 18.8 Å². The minimum absolute atomic E-state index is 0.00962. The van der Waals surface area contributed by atoms with Crippen molar-refractivity contribution in [2.24, 2.45) is 5.92 Å². The van der Waals surface area contributed by atoms with Crippen LogP contribution in [-0.2, 0) is 46.8 Å². The van der Waals surface area contributed by atoms with Crippen molar-refractivity contribution >= 4 is 51.6 Å². The molecule has 2 aromatic rings. The molecule has 3 aliphatic heterocycles. The summed E-state index contributed by atoms with van der Waals surface area (Å²) in [6.07, 6.45) is 7.64. The summed E-state index contributed by atoms with van der Waals surface area (Å²) < 4.78 is 55.6. The lowest BCUT2D eigenvalue weighted by molar-refractivity contribution is -0.141. The number of carbonyl (C=O) groups is 5. The van der Waals surface area contributed by atoms with Crippen molar-refractivity contribution in [3.05, 3.63) is 54.1 Å². The Kier molecular flexibility index (Phi) is 13.5.